The van der Waals surface area contributed by atoms with Crippen LogP contribution in [0.4, 0.5) is 0 Å². The number of rotatable bonds is 5. The molecule has 0 spiro atoms. The van der Waals surface area contributed by atoms with E-state index in [1.807, 2.05) is 11.8 Å². The third-order valence-electron chi connectivity index (χ3n) is 2.52. The first kappa shape index (κ1) is 10.9. The van der Waals surface area contributed by atoms with Crippen molar-refractivity contribution in [2.24, 2.45) is 0 Å². The lowest BCUT2D eigenvalue weighted by atomic mass is 10.1. The van der Waals surface area contributed by atoms with E-state index in [0.29, 0.717) is 0 Å². The van der Waals surface area contributed by atoms with Crippen LogP contribution in [0.5, 0.6) is 0 Å². The fourth-order valence-corrected chi connectivity index (χ4v) is 2.33. The first-order valence-corrected chi connectivity index (χ1v) is 6.07. The normalized spacial score (nSPS) is 20.1. The maximum atomic E-state index is 10.0. The Kier molecular flexibility index (Phi) is 5.23. The average molecular weight is 202 g/mol. The van der Waals surface area contributed by atoms with Crippen LogP contribution in [-0.4, -0.2) is 49.0 Å². The molecule has 1 aliphatic rings. The Morgan fingerprint density at radius 2 is 2.23 bits per heavy atom. The summed E-state index contributed by atoms with van der Waals surface area (Å²) < 4.78 is 0. The molecule has 0 aromatic rings. The van der Waals surface area contributed by atoms with Crippen molar-refractivity contribution in [1.82, 2.24) is 10.2 Å². The Morgan fingerprint density at radius 1 is 1.54 bits per heavy atom. The molecule has 4 heteroatoms. The van der Waals surface area contributed by atoms with E-state index < -0.39 is 0 Å². The minimum atomic E-state index is 0.772. The molecule has 1 aliphatic heterocycles. The molecule has 0 aromatic heterocycles. The number of piperidine rings is 1. The number of thioether (sulfide) groups is 1. The zero-order chi connectivity index (χ0) is 9.52. The third kappa shape index (κ3) is 4.00. The molecule has 3 nitrogen and oxygen atoms in total. The number of nitrogens with zero attached hydrogens (tertiary/aromatic N) is 1. The van der Waals surface area contributed by atoms with Crippen molar-refractivity contribution in [3.8, 4) is 0 Å². The summed E-state index contributed by atoms with van der Waals surface area (Å²) in [6.07, 6.45) is 5.55. The summed E-state index contributed by atoms with van der Waals surface area (Å²) in [5, 5.41) is 3.55. The molecule has 1 fully saturated rings. The van der Waals surface area contributed by atoms with E-state index in [2.05, 4.69) is 16.5 Å². The quantitative estimate of drug-likeness (QED) is 0.522. The van der Waals surface area contributed by atoms with Crippen LogP contribution in [-0.2, 0) is 4.79 Å². The average Bonchev–Trinajstić information content (AvgIpc) is 2.19. The van der Waals surface area contributed by atoms with E-state index in [1.54, 1.807) is 0 Å². The largest absolute Gasteiger partial charge is 0.357 e. The second kappa shape index (κ2) is 6.27. The van der Waals surface area contributed by atoms with Gasteiger partial charge in [-0.05, 0) is 32.2 Å². The van der Waals surface area contributed by atoms with Crippen LogP contribution in [0.2, 0.25) is 0 Å². The van der Waals surface area contributed by atoms with E-state index in [1.165, 1.54) is 25.9 Å². The van der Waals surface area contributed by atoms with Gasteiger partial charge in [0, 0.05) is 18.3 Å². The van der Waals surface area contributed by atoms with Crippen molar-refractivity contribution < 1.29 is 4.79 Å². The summed E-state index contributed by atoms with van der Waals surface area (Å²) in [5.74, 6) is 0. The molecular weight excluding hydrogens is 184 g/mol. The second-order valence-corrected chi connectivity index (χ2v) is 4.49. The van der Waals surface area contributed by atoms with Crippen LogP contribution in [0, 0.1) is 0 Å². The number of hydrogen-bond acceptors (Lipinski definition) is 3. The van der Waals surface area contributed by atoms with Gasteiger partial charge in [0.1, 0.15) is 0 Å². The summed E-state index contributed by atoms with van der Waals surface area (Å²) in [5.41, 5.74) is 0. The van der Waals surface area contributed by atoms with Crippen molar-refractivity contribution in [2.45, 2.75) is 18.1 Å². The summed E-state index contributed by atoms with van der Waals surface area (Å²) >= 11 is 1.98. The summed E-state index contributed by atoms with van der Waals surface area (Å²) in [4.78, 5) is 12.4. The zero-order valence-electron chi connectivity index (χ0n) is 8.16. The van der Waals surface area contributed by atoms with Gasteiger partial charge in [-0.2, -0.15) is 11.8 Å². The Balaban J connectivity index is 2.06. The molecule has 0 unspecified atom stereocenters. The predicted octanol–water partition coefficient (Wildman–Crippen LogP) is 0.560. The van der Waals surface area contributed by atoms with E-state index in [9.17, 15) is 4.79 Å². The van der Waals surface area contributed by atoms with Crippen molar-refractivity contribution in [1.29, 1.82) is 0 Å². The number of carbonyl (C=O) groups is 1. The highest BCUT2D eigenvalue weighted by molar-refractivity contribution is 7.99. The first-order chi connectivity index (χ1) is 6.36. The van der Waals surface area contributed by atoms with Gasteiger partial charge in [-0.1, -0.05) is 0 Å². The van der Waals surface area contributed by atoms with Crippen LogP contribution in [0.1, 0.15) is 12.8 Å². The highest BCUT2D eigenvalue weighted by atomic mass is 32.2. The summed E-state index contributed by atoms with van der Waals surface area (Å²) in [6, 6.07) is 0. The molecule has 0 atom stereocenters. The molecule has 13 heavy (non-hydrogen) atoms. The molecule has 1 amide bonds. The lowest BCUT2D eigenvalue weighted by Gasteiger charge is -2.30. The van der Waals surface area contributed by atoms with Crippen molar-refractivity contribution in [2.75, 3.05) is 32.4 Å². The molecule has 0 bridgehead atoms. The SMILES string of the molecule is CSC1CCN(CCNC=O)CC1. The number of hydrogen-bond donors (Lipinski definition) is 1. The molecule has 76 valence electrons. The Hall–Kier alpha value is -0.220. The van der Waals surface area contributed by atoms with Crippen molar-refractivity contribution in [3.05, 3.63) is 0 Å². The molecule has 0 aliphatic carbocycles. The van der Waals surface area contributed by atoms with Gasteiger partial charge in [0.2, 0.25) is 6.41 Å². The fourth-order valence-electron chi connectivity index (χ4n) is 1.65. The van der Waals surface area contributed by atoms with Crippen LogP contribution < -0.4 is 5.32 Å². The van der Waals surface area contributed by atoms with E-state index in [4.69, 9.17) is 0 Å². The topological polar surface area (TPSA) is 32.3 Å². The summed E-state index contributed by atoms with van der Waals surface area (Å²) in [6.45, 7) is 4.16. The van der Waals surface area contributed by atoms with Gasteiger partial charge < -0.3 is 10.2 Å². The lowest BCUT2D eigenvalue weighted by Crippen LogP contribution is -2.38. The van der Waals surface area contributed by atoms with Gasteiger partial charge in [0.25, 0.3) is 0 Å². The second-order valence-electron chi connectivity index (χ2n) is 3.35. The Morgan fingerprint density at radius 3 is 2.77 bits per heavy atom. The Bertz CT molecular complexity index is 147. The standard InChI is InChI=1S/C9H18N2OS/c1-13-9-2-5-11(6-3-9)7-4-10-8-12/h8-9H,2-7H2,1H3,(H,10,12). The fraction of sp³-hybridized carbons (Fsp3) is 0.889. The maximum absolute atomic E-state index is 10.0. The van der Waals surface area contributed by atoms with E-state index in [0.717, 1.165) is 24.7 Å². The van der Waals surface area contributed by atoms with Crippen LogP contribution >= 0.6 is 11.8 Å². The monoisotopic (exact) mass is 202 g/mol. The van der Waals surface area contributed by atoms with Crippen LogP contribution in [0.3, 0.4) is 0 Å². The zero-order valence-corrected chi connectivity index (χ0v) is 8.98. The minimum Gasteiger partial charge on any atom is -0.357 e. The minimum absolute atomic E-state index is 0.772. The molecule has 1 heterocycles. The van der Waals surface area contributed by atoms with Crippen LogP contribution in [0.25, 0.3) is 0 Å². The van der Waals surface area contributed by atoms with Gasteiger partial charge in [-0.25, -0.2) is 0 Å². The van der Waals surface area contributed by atoms with Gasteiger partial charge in [0.15, 0.2) is 0 Å². The molecule has 1 rings (SSSR count). The molecule has 1 saturated heterocycles. The van der Waals surface area contributed by atoms with E-state index in [-0.39, 0.29) is 0 Å². The molecular formula is C9H18N2OS. The molecule has 0 aromatic carbocycles. The van der Waals surface area contributed by atoms with Gasteiger partial charge >= 0.3 is 0 Å². The molecule has 0 radical (unpaired) electrons. The number of amides is 1. The lowest BCUT2D eigenvalue weighted by molar-refractivity contribution is -0.109. The van der Waals surface area contributed by atoms with Gasteiger partial charge in [-0.15, -0.1) is 0 Å². The third-order valence-corrected chi connectivity index (χ3v) is 3.66. The first-order valence-electron chi connectivity index (χ1n) is 4.79. The number of carbonyl (C=O) groups excluding carboxylic acids is 1. The summed E-state index contributed by atoms with van der Waals surface area (Å²) in [7, 11) is 0. The molecule has 0 saturated carbocycles. The van der Waals surface area contributed by atoms with Gasteiger partial charge in [0.05, 0.1) is 0 Å². The number of likely N-dealkylation sites (tertiary alicyclic amines) is 1. The van der Waals surface area contributed by atoms with Gasteiger partial charge in [-0.3, -0.25) is 4.79 Å². The van der Waals surface area contributed by atoms with E-state index >= 15 is 0 Å². The van der Waals surface area contributed by atoms with Crippen molar-refractivity contribution in [3.63, 3.8) is 0 Å². The highest BCUT2D eigenvalue weighted by Gasteiger charge is 2.17. The maximum Gasteiger partial charge on any atom is 0.207 e. The predicted molar refractivity (Wildman–Crippen MR) is 57.0 cm³/mol. The van der Waals surface area contributed by atoms with Crippen molar-refractivity contribution >= 4 is 18.2 Å². The van der Waals surface area contributed by atoms with Crippen LogP contribution in [0.15, 0.2) is 0 Å². The Labute approximate surface area is 84.2 Å². The number of nitrogens with one attached hydrogen (secondary N) is 1. The smallest absolute Gasteiger partial charge is 0.207 e. The highest BCUT2D eigenvalue weighted by Crippen LogP contribution is 2.20. The molecule has 1 N–H and O–H groups in total.